The summed E-state index contributed by atoms with van der Waals surface area (Å²) in [6.45, 7) is 2.15. The van der Waals surface area contributed by atoms with E-state index in [1.807, 2.05) is 24.4 Å². The lowest BCUT2D eigenvalue weighted by atomic mass is 10.2. The summed E-state index contributed by atoms with van der Waals surface area (Å²) in [6.07, 6.45) is 6.25. The summed E-state index contributed by atoms with van der Waals surface area (Å²) >= 11 is 9.66. The highest BCUT2D eigenvalue weighted by Gasteiger charge is 2.12. The zero-order chi connectivity index (χ0) is 14.4. The van der Waals surface area contributed by atoms with Crippen LogP contribution in [0.25, 0.3) is 0 Å². The minimum atomic E-state index is 0.625. The fourth-order valence-electron chi connectivity index (χ4n) is 1.89. The fraction of sp³-hybridized carbons (Fsp3) is 0.286. The Morgan fingerprint density at radius 3 is 2.85 bits per heavy atom. The predicted octanol–water partition coefficient (Wildman–Crippen LogP) is 3.25. The predicted molar refractivity (Wildman–Crippen MR) is 85.9 cm³/mol. The Morgan fingerprint density at radius 2 is 2.20 bits per heavy atom. The lowest BCUT2D eigenvalue weighted by Crippen LogP contribution is -2.26. The third-order valence-corrected chi connectivity index (χ3v) is 3.53. The monoisotopic (exact) mass is 354 g/mol. The number of nitrogens with zero attached hydrogens (tertiary/aromatic N) is 3. The second-order valence-corrected chi connectivity index (χ2v) is 5.71. The van der Waals surface area contributed by atoms with Gasteiger partial charge in [0.2, 0.25) is 0 Å². The molecule has 0 aliphatic carbocycles. The van der Waals surface area contributed by atoms with E-state index in [4.69, 9.17) is 17.3 Å². The number of hydrogen-bond donors (Lipinski definition) is 1. The summed E-state index contributed by atoms with van der Waals surface area (Å²) < 4.78 is 0.867. The Morgan fingerprint density at radius 1 is 1.35 bits per heavy atom. The van der Waals surface area contributed by atoms with Crippen molar-refractivity contribution in [3.05, 3.63) is 51.8 Å². The summed E-state index contributed by atoms with van der Waals surface area (Å²) in [6, 6.07) is 5.81. The number of pyridine rings is 2. The summed E-state index contributed by atoms with van der Waals surface area (Å²) in [5.74, 6) is 0.771. The van der Waals surface area contributed by atoms with E-state index in [0.29, 0.717) is 18.1 Å². The van der Waals surface area contributed by atoms with Crippen LogP contribution in [-0.4, -0.2) is 23.1 Å². The normalized spacial score (nSPS) is 10.6. The Labute approximate surface area is 132 Å². The first-order chi connectivity index (χ1) is 9.70. The van der Waals surface area contributed by atoms with Gasteiger partial charge in [-0.15, -0.1) is 0 Å². The smallest absolute Gasteiger partial charge is 0.147 e. The Hall–Kier alpha value is -1.17. The zero-order valence-electron chi connectivity index (χ0n) is 11.0. The standard InChI is InChI=1S/C14H16BrClN4/c15-12-7-13(16)14(19-9-12)20(6-2-4-17)10-11-3-1-5-18-8-11/h1,3,5,7-9H,2,4,6,10,17H2. The van der Waals surface area contributed by atoms with Crippen LogP contribution in [0.2, 0.25) is 5.02 Å². The number of aromatic nitrogens is 2. The Kier molecular flexibility index (Phi) is 5.76. The fourth-order valence-corrected chi connectivity index (χ4v) is 2.64. The van der Waals surface area contributed by atoms with Crippen LogP contribution >= 0.6 is 27.5 Å². The van der Waals surface area contributed by atoms with Gasteiger partial charge in [-0.05, 0) is 46.6 Å². The minimum Gasteiger partial charge on any atom is -0.351 e. The van der Waals surface area contributed by atoms with Gasteiger partial charge in [0.15, 0.2) is 0 Å². The van der Waals surface area contributed by atoms with Crippen molar-refractivity contribution in [2.75, 3.05) is 18.0 Å². The van der Waals surface area contributed by atoms with Crippen molar-refractivity contribution in [1.82, 2.24) is 9.97 Å². The molecule has 0 bridgehead atoms. The van der Waals surface area contributed by atoms with Crippen LogP contribution in [0, 0.1) is 0 Å². The van der Waals surface area contributed by atoms with Gasteiger partial charge in [-0.3, -0.25) is 4.98 Å². The maximum absolute atomic E-state index is 6.29. The zero-order valence-corrected chi connectivity index (χ0v) is 13.3. The quantitative estimate of drug-likeness (QED) is 0.864. The molecule has 6 heteroatoms. The lowest BCUT2D eigenvalue weighted by Gasteiger charge is -2.24. The SMILES string of the molecule is NCCCN(Cc1cccnc1)c1ncc(Br)cc1Cl. The molecule has 0 amide bonds. The van der Waals surface area contributed by atoms with E-state index in [1.54, 1.807) is 12.4 Å². The highest BCUT2D eigenvalue weighted by atomic mass is 79.9. The molecule has 0 aromatic carbocycles. The topological polar surface area (TPSA) is 55.0 Å². The average Bonchev–Trinajstić information content (AvgIpc) is 2.45. The van der Waals surface area contributed by atoms with E-state index in [-0.39, 0.29) is 0 Å². The van der Waals surface area contributed by atoms with E-state index < -0.39 is 0 Å². The molecule has 0 saturated heterocycles. The molecule has 0 unspecified atom stereocenters. The van der Waals surface area contributed by atoms with Crippen LogP contribution in [-0.2, 0) is 6.54 Å². The second kappa shape index (κ2) is 7.57. The van der Waals surface area contributed by atoms with Crippen LogP contribution in [0.1, 0.15) is 12.0 Å². The lowest BCUT2D eigenvalue weighted by molar-refractivity contribution is 0.724. The number of halogens is 2. The first-order valence-electron chi connectivity index (χ1n) is 6.35. The number of anilines is 1. The molecule has 2 aromatic heterocycles. The van der Waals surface area contributed by atoms with Crippen molar-refractivity contribution in [1.29, 1.82) is 0 Å². The first-order valence-corrected chi connectivity index (χ1v) is 7.53. The molecule has 0 atom stereocenters. The molecule has 2 heterocycles. The van der Waals surface area contributed by atoms with Gasteiger partial charge in [0, 0.05) is 36.2 Å². The third kappa shape index (κ3) is 4.16. The van der Waals surface area contributed by atoms with Crippen LogP contribution in [0.15, 0.2) is 41.3 Å². The molecule has 2 rings (SSSR count). The Bertz CT molecular complexity index is 550. The van der Waals surface area contributed by atoms with E-state index >= 15 is 0 Å². The maximum Gasteiger partial charge on any atom is 0.147 e. The van der Waals surface area contributed by atoms with Gasteiger partial charge in [-0.25, -0.2) is 4.98 Å². The van der Waals surface area contributed by atoms with Crippen molar-refractivity contribution in [3.8, 4) is 0 Å². The molecular formula is C14H16BrClN4. The van der Waals surface area contributed by atoms with E-state index in [1.165, 1.54) is 0 Å². The first kappa shape index (κ1) is 15.2. The van der Waals surface area contributed by atoms with Gasteiger partial charge >= 0.3 is 0 Å². The molecule has 2 N–H and O–H groups in total. The average molecular weight is 356 g/mol. The maximum atomic E-state index is 6.29. The molecule has 0 fully saturated rings. The molecule has 2 aromatic rings. The van der Waals surface area contributed by atoms with Crippen molar-refractivity contribution in [2.45, 2.75) is 13.0 Å². The summed E-state index contributed by atoms with van der Waals surface area (Å²) in [4.78, 5) is 10.7. The van der Waals surface area contributed by atoms with E-state index in [2.05, 4.69) is 30.8 Å². The van der Waals surface area contributed by atoms with Crippen molar-refractivity contribution in [3.63, 3.8) is 0 Å². The van der Waals surface area contributed by atoms with Crippen molar-refractivity contribution in [2.24, 2.45) is 5.73 Å². The molecule has 0 spiro atoms. The van der Waals surface area contributed by atoms with Gasteiger partial charge in [0.25, 0.3) is 0 Å². The third-order valence-electron chi connectivity index (χ3n) is 2.82. The number of hydrogen-bond acceptors (Lipinski definition) is 4. The molecule has 0 radical (unpaired) electrons. The molecule has 20 heavy (non-hydrogen) atoms. The molecule has 0 aliphatic rings. The second-order valence-electron chi connectivity index (χ2n) is 4.38. The largest absolute Gasteiger partial charge is 0.351 e. The summed E-state index contributed by atoms with van der Waals surface area (Å²) in [5.41, 5.74) is 6.73. The van der Waals surface area contributed by atoms with E-state index in [9.17, 15) is 0 Å². The highest BCUT2D eigenvalue weighted by molar-refractivity contribution is 9.10. The minimum absolute atomic E-state index is 0.625. The Balaban J connectivity index is 2.22. The molecule has 4 nitrogen and oxygen atoms in total. The number of rotatable bonds is 6. The van der Waals surface area contributed by atoms with Gasteiger partial charge in [0.05, 0.1) is 5.02 Å². The molecule has 0 aliphatic heterocycles. The highest BCUT2D eigenvalue weighted by Crippen LogP contribution is 2.27. The van der Waals surface area contributed by atoms with Crippen molar-refractivity contribution >= 4 is 33.3 Å². The summed E-state index contributed by atoms with van der Waals surface area (Å²) in [7, 11) is 0. The van der Waals surface area contributed by atoms with Gasteiger partial charge in [0.1, 0.15) is 5.82 Å². The molecule has 0 saturated carbocycles. The van der Waals surface area contributed by atoms with Crippen LogP contribution in [0.5, 0.6) is 0 Å². The summed E-state index contributed by atoms with van der Waals surface area (Å²) in [5, 5.41) is 0.625. The van der Waals surface area contributed by atoms with Crippen molar-refractivity contribution < 1.29 is 0 Å². The van der Waals surface area contributed by atoms with E-state index in [0.717, 1.165) is 28.8 Å². The van der Waals surface area contributed by atoms with Crippen LogP contribution in [0.3, 0.4) is 0 Å². The van der Waals surface area contributed by atoms with Gasteiger partial charge < -0.3 is 10.6 Å². The van der Waals surface area contributed by atoms with Crippen LogP contribution < -0.4 is 10.6 Å². The van der Waals surface area contributed by atoms with Gasteiger partial charge in [-0.2, -0.15) is 0 Å². The van der Waals surface area contributed by atoms with Gasteiger partial charge in [-0.1, -0.05) is 17.7 Å². The number of nitrogens with two attached hydrogens (primary N) is 1. The molecular weight excluding hydrogens is 340 g/mol. The van der Waals surface area contributed by atoms with Crippen LogP contribution in [0.4, 0.5) is 5.82 Å². The molecule has 106 valence electrons.